The zero-order chi connectivity index (χ0) is 25.9. The summed E-state index contributed by atoms with van der Waals surface area (Å²) in [5, 5.41) is 8.46. The number of hydrogen-bond acceptors (Lipinski definition) is 6. The van der Waals surface area contributed by atoms with Crippen LogP contribution in [-0.2, 0) is 29.5 Å². The maximum absolute atomic E-state index is 12.7. The molecule has 0 atom stereocenters. The Balaban J connectivity index is 1.30. The summed E-state index contributed by atoms with van der Waals surface area (Å²) in [4.78, 5) is 41.3. The largest absolute Gasteiger partial charge is 0.444 e. The molecule has 0 unspecified atom stereocenters. The van der Waals surface area contributed by atoms with Crippen molar-refractivity contribution in [2.75, 3.05) is 31.5 Å². The first-order valence-corrected chi connectivity index (χ1v) is 12.1. The van der Waals surface area contributed by atoms with Gasteiger partial charge in [-0.3, -0.25) is 14.5 Å². The number of nitrogens with zero attached hydrogens (tertiary/aromatic N) is 4. The number of carbonyl (C=O) groups excluding carboxylic acids is 2. The smallest absolute Gasteiger partial charge is 0.410 e. The van der Waals surface area contributed by atoms with Gasteiger partial charge in [-0.15, -0.1) is 0 Å². The molecule has 2 amide bonds. The average molecular weight is 492 g/mol. The quantitative estimate of drug-likeness (QED) is 0.589. The molecule has 36 heavy (non-hydrogen) atoms. The number of nitrogens with one attached hydrogen (secondary N) is 1. The Labute approximate surface area is 210 Å². The minimum atomic E-state index is -0.491. The Morgan fingerprint density at radius 3 is 2.25 bits per heavy atom. The van der Waals surface area contributed by atoms with Gasteiger partial charge in [0, 0.05) is 50.8 Å². The van der Waals surface area contributed by atoms with E-state index in [1.165, 1.54) is 4.68 Å². The van der Waals surface area contributed by atoms with E-state index in [4.69, 9.17) is 4.74 Å². The number of anilines is 1. The van der Waals surface area contributed by atoms with Crippen LogP contribution < -0.4 is 10.9 Å². The van der Waals surface area contributed by atoms with Crippen molar-refractivity contribution >= 4 is 28.5 Å². The number of carbonyl (C=O) groups is 2. The fourth-order valence-corrected chi connectivity index (χ4v) is 4.23. The number of benzene rings is 2. The van der Waals surface area contributed by atoms with Crippen molar-refractivity contribution in [1.29, 1.82) is 0 Å². The van der Waals surface area contributed by atoms with Crippen molar-refractivity contribution in [1.82, 2.24) is 19.6 Å². The second-order valence-corrected chi connectivity index (χ2v) is 10.1. The standard InChI is InChI=1S/C27H33N5O4/c1-27(2,3)36-26(35)32-15-13-31(14-16-32)18-19-9-11-20(12-10-19)28-24(33)17-23-21-7-5-6-8-22(21)25(34)30(4)29-23/h5-12H,13-18H2,1-4H3,(H,28,33). The zero-order valence-corrected chi connectivity index (χ0v) is 21.3. The lowest BCUT2D eigenvalue weighted by Crippen LogP contribution is -2.49. The number of fused-ring (bicyclic) bond motifs is 1. The highest BCUT2D eigenvalue weighted by atomic mass is 16.6. The first kappa shape index (κ1) is 25.4. The van der Waals surface area contributed by atoms with E-state index in [9.17, 15) is 14.4 Å². The Bertz CT molecular complexity index is 1300. The van der Waals surface area contributed by atoms with Crippen LogP contribution in [0.15, 0.2) is 53.3 Å². The van der Waals surface area contributed by atoms with Gasteiger partial charge in [0.2, 0.25) is 5.91 Å². The van der Waals surface area contributed by atoms with Crippen molar-refractivity contribution in [3.8, 4) is 0 Å². The summed E-state index contributed by atoms with van der Waals surface area (Å²) in [7, 11) is 1.59. The zero-order valence-electron chi connectivity index (χ0n) is 21.3. The van der Waals surface area contributed by atoms with Crippen molar-refractivity contribution in [2.24, 2.45) is 7.05 Å². The number of hydrogen-bond donors (Lipinski definition) is 1. The highest BCUT2D eigenvalue weighted by Crippen LogP contribution is 2.17. The van der Waals surface area contributed by atoms with Gasteiger partial charge in [0.1, 0.15) is 5.60 Å². The van der Waals surface area contributed by atoms with Gasteiger partial charge in [0.05, 0.1) is 17.5 Å². The first-order chi connectivity index (χ1) is 17.1. The summed E-state index contributed by atoms with van der Waals surface area (Å²) in [5.74, 6) is -0.197. The molecule has 2 heterocycles. The number of amides is 2. The SMILES string of the molecule is Cn1nc(CC(=O)Nc2ccc(CN3CCN(C(=O)OC(C)(C)C)CC3)cc2)c2ccccc2c1=O. The molecule has 1 N–H and O–H groups in total. The lowest BCUT2D eigenvalue weighted by molar-refractivity contribution is -0.115. The summed E-state index contributed by atoms with van der Waals surface area (Å²) in [6.07, 6.45) is -0.193. The fraction of sp³-hybridized carbons (Fsp3) is 0.407. The van der Waals surface area contributed by atoms with E-state index >= 15 is 0 Å². The van der Waals surface area contributed by atoms with E-state index in [1.54, 1.807) is 24.1 Å². The fourth-order valence-electron chi connectivity index (χ4n) is 4.23. The Hall–Kier alpha value is -3.72. The normalized spacial score (nSPS) is 14.6. The van der Waals surface area contributed by atoms with Crippen LogP contribution in [0.5, 0.6) is 0 Å². The number of rotatable bonds is 5. The summed E-state index contributed by atoms with van der Waals surface area (Å²) in [6, 6.07) is 15.0. The van der Waals surface area contributed by atoms with Crippen LogP contribution in [0, 0.1) is 0 Å². The third-order valence-corrected chi connectivity index (χ3v) is 6.03. The van der Waals surface area contributed by atoms with Crippen LogP contribution in [0.25, 0.3) is 10.8 Å². The molecular formula is C27H33N5O4. The minimum Gasteiger partial charge on any atom is -0.444 e. The van der Waals surface area contributed by atoms with Gasteiger partial charge in [-0.1, -0.05) is 30.3 Å². The molecule has 1 aromatic heterocycles. The molecular weight excluding hydrogens is 458 g/mol. The maximum Gasteiger partial charge on any atom is 0.410 e. The predicted octanol–water partition coefficient (Wildman–Crippen LogP) is 3.17. The lowest BCUT2D eigenvalue weighted by atomic mass is 10.1. The second kappa shape index (κ2) is 10.5. The average Bonchev–Trinajstić information content (AvgIpc) is 2.83. The molecule has 9 heteroatoms. The van der Waals surface area contributed by atoms with E-state index in [2.05, 4.69) is 15.3 Å². The van der Waals surface area contributed by atoms with Gasteiger partial charge in [0.15, 0.2) is 0 Å². The third kappa shape index (κ3) is 6.28. The molecule has 1 aliphatic rings. The summed E-state index contributed by atoms with van der Waals surface area (Å²) in [5.41, 5.74) is 1.72. The molecule has 190 valence electrons. The minimum absolute atomic E-state index is 0.0678. The van der Waals surface area contributed by atoms with E-state index < -0.39 is 5.60 Å². The molecule has 1 fully saturated rings. The van der Waals surface area contributed by atoms with Crippen LogP contribution in [-0.4, -0.2) is 63.4 Å². The van der Waals surface area contributed by atoms with Gasteiger partial charge in [-0.2, -0.15) is 5.10 Å². The summed E-state index contributed by atoms with van der Waals surface area (Å²) in [6.45, 7) is 9.21. The van der Waals surface area contributed by atoms with E-state index in [0.717, 1.165) is 25.2 Å². The van der Waals surface area contributed by atoms with Crippen molar-refractivity contribution in [3.05, 3.63) is 70.1 Å². The Kier molecular flexibility index (Phi) is 7.40. The highest BCUT2D eigenvalue weighted by molar-refractivity contribution is 5.95. The summed E-state index contributed by atoms with van der Waals surface area (Å²) < 4.78 is 6.73. The number of ether oxygens (including phenoxy) is 1. The second-order valence-electron chi connectivity index (χ2n) is 10.1. The molecule has 0 saturated carbocycles. The molecule has 3 aromatic rings. The molecule has 9 nitrogen and oxygen atoms in total. The van der Waals surface area contributed by atoms with Crippen LogP contribution in [0.3, 0.4) is 0 Å². The molecule has 0 radical (unpaired) electrons. The van der Waals surface area contributed by atoms with Gasteiger partial charge >= 0.3 is 6.09 Å². The third-order valence-electron chi connectivity index (χ3n) is 6.03. The number of aryl methyl sites for hydroxylation is 1. The number of piperazine rings is 1. The molecule has 0 bridgehead atoms. The summed E-state index contributed by atoms with van der Waals surface area (Å²) >= 11 is 0. The number of aromatic nitrogens is 2. The van der Waals surface area contributed by atoms with Gasteiger partial charge in [-0.25, -0.2) is 9.48 Å². The van der Waals surface area contributed by atoms with Crippen molar-refractivity contribution in [3.63, 3.8) is 0 Å². The predicted molar refractivity (Wildman–Crippen MR) is 139 cm³/mol. The molecule has 4 rings (SSSR count). The van der Waals surface area contributed by atoms with Gasteiger partial charge in [-0.05, 0) is 44.5 Å². The highest BCUT2D eigenvalue weighted by Gasteiger charge is 2.25. The first-order valence-electron chi connectivity index (χ1n) is 12.1. The molecule has 1 aliphatic heterocycles. The van der Waals surface area contributed by atoms with Crippen LogP contribution in [0.2, 0.25) is 0 Å². The molecule has 2 aromatic carbocycles. The van der Waals surface area contributed by atoms with Crippen molar-refractivity contribution < 1.29 is 14.3 Å². The van der Waals surface area contributed by atoms with Crippen LogP contribution >= 0.6 is 0 Å². The monoisotopic (exact) mass is 491 g/mol. The molecule has 1 saturated heterocycles. The lowest BCUT2D eigenvalue weighted by Gasteiger charge is -2.35. The molecule has 0 spiro atoms. The Morgan fingerprint density at radius 2 is 1.61 bits per heavy atom. The molecule has 0 aliphatic carbocycles. The Morgan fingerprint density at radius 1 is 0.972 bits per heavy atom. The van der Waals surface area contributed by atoms with Crippen LogP contribution in [0.1, 0.15) is 32.0 Å². The topological polar surface area (TPSA) is 96.8 Å². The van der Waals surface area contributed by atoms with E-state index in [1.807, 2.05) is 57.2 Å². The van der Waals surface area contributed by atoms with Gasteiger partial charge in [0.25, 0.3) is 5.56 Å². The maximum atomic E-state index is 12.7. The van der Waals surface area contributed by atoms with Crippen LogP contribution in [0.4, 0.5) is 10.5 Å². The van der Waals surface area contributed by atoms with Crippen molar-refractivity contribution in [2.45, 2.75) is 39.3 Å². The van der Waals surface area contributed by atoms with E-state index in [0.29, 0.717) is 35.2 Å². The van der Waals surface area contributed by atoms with E-state index in [-0.39, 0.29) is 24.0 Å². The van der Waals surface area contributed by atoms with Gasteiger partial charge < -0.3 is 15.0 Å².